The summed E-state index contributed by atoms with van der Waals surface area (Å²) in [4.78, 5) is 16.8. The van der Waals surface area contributed by atoms with Gasteiger partial charge in [0.15, 0.2) is 0 Å². The maximum absolute atomic E-state index is 12.8. The summed E-state index contributed by atoms with van der Waals surface area (Å²) < 4.78 is 38.5. The van der Waals surface area contributed by atoms with Gasteiger partial charge in [-0.3, -0.25) is 4.79 Å². The molecule has 1 unspecified atom stereocenters. The van der Waals surface area contributed by atoms with Gasteiger partial charge in [-0.05, 0) is 37.3 Å². The Hall–Kier alpha value is -1.98. The lowest BCUT2D eigenvalue weighted by Gasteiger charge is -2.33. The van der Waals surface area contributed by atoms with E-state index in [0.29, 0.717) is 25.8 Å². The number of hydrogen-bond acceptors (Lipinski definition) is 1. The molecule has 2 heterocycles. The van der Waals surface area contributed by atoms with Crippen LogP contribution in [0.3, 0.4) is 0 Å². The van der Waals surface area contributed by atoms with Crippen molar-refractivity contribution in [1.82, 2.24) is 9.88 Å². The van der Waals surface area contributed by atoms with E-state index in [9.17, 15) is 18.0 Å². The molecular weight excluding hydrogens is 317 g/mol. The molecule has 1 amide bonds. The fourth-order valence-electron chi connectivity index (χ4n) is 3.40. The number of alkyl halides is 3. The molecule has 130 valence electrons. The molecule has 1 N–H and O–H groups in total. The van der Waals surface area contributed by atoms with Gasteiger partial charge >= 0.3 is 6.18 Å². The Labute approximate surface area is 138 Å². The highest BCUT2D eigenvalue weighted by Gasteiger charge is 2.42. The molecule has 0 radical (unpaired) electrons. The minimum atomic E-state index is -4.21. The van der Waals surface area contributed by atoms with Crippen LogP contribution in [0.25, 0.3) is 10.9 Å². The Morgan fingerprint density at radius 2 is 2.08 bits per heavy atom. The number of H-pyrrole nitrogens is 1. The van der Waals surface area contributed by atoms with Crippen LogP contribution in [0, 0.1) is 5.92 Å². The van der Waals surface area contributed by atoms with Crippen molar-refractivity contribution in [3.8, 4) is 0 Å². The summed E-state index contributed by atoms with van der Waals surface area (Å²) in [6.07, 6.45) is -0.0239. The third kappa shape index (κ3) is 3.74. The molecule has 1 aromatic carbocycles. The number of aryl methyl sites for hydroxylation is 1. The lowest BCUT2D eigenvalue weighted by atomic mass is 9.97. The molecule has 0 aliphatic carbocycles. The number of carbonyl (C=O) groups is 1. The van der Waals surface area contributed by atoms with Crippen molar-refractivity contribution in [2.45, 2.75) is 38.3 Å². The number of fused-ring (bicyclic) bond motifs is 1. The first-order valence-corrected chi connectivity index (χ1v) is 8.34. The molecule has 3 rings (SSSR count). The van der Waals surface area contributed by atoms with Gasteiger partial charge in [0.25, 0.3) is 0 Å². The predicted molar refractivity (Wildman–Crippen MR) is 86.6 cm³/mol. The summed E-state index contributed by atoms with van der Waals surface area (Å²) in [5, 5.41) is 1.14. The van der Waals surface area contributed by atoms with E-state index in [4.69, 9.17) is 0 Å². The van der Waals surface area contributed by atoms with Crippen LogP contribution in [-0.2, 0) is 11.2 Å². The van der Waals surface area contributed by atoms with E-state index in [2.05, 4.69) is 4.98 Å². The Bertz CT molecular complexity index is 708. The Morgan fingerprint density at radius 3 is 2.88 bits per heavy atom. The average molecular weight is 338 g/mol. The summed E-state index contributed by atoms with van der Waals surface area (Å²) in [6.45, 7) is 0.258. The highest BCUT2D eigenvalue weighted by molar-refractivity contribution is 5.83. The number of amides is 1. The zero-order chi connectivity index (χ0) is 17.2. The van der Waals surface area contributed by atoms with E-state index < -0.39 is 12.1 Å². The second kappa shape index (κ2) is 6.87. The number of halogens is 3. The van der Waals surface area contributed by atoms with Gasteiger partial charge in [-0.1, -0.05) is 18.2 Å². The number of likely N-dealkylation sites (tertiary alicyclic amines) is 1. The van der Waals surface area contributed by atoms with Crippen LogP contribution in [-0.4, -0.2) is 35.1 Å². The van der Waals surface area contributed by atoms with E-state index in [1.54, 1.807) is 0 Å². The average Bonchev–Trinajstić information content (AvgIpc) is 2.97. The standard InChI is InChI=1S/C18H21F3N2O/c19-18(20,21)14-6-4-10-23(12-14)17(24)9-3-5-13-11-22-16-8-2-1-7-15(13)16/h1-2,7-8,11,14,22H,3-6,9-10,12H2. The molecule has 1 aliphatic heterocycles. The molecule has 0 spiro atoms. The normalized spacial score (nSPS) is 19.0. The van der Waals surface area contributed by atoms with Crippen molar-refractivity contribution < 1.29 is 18.0 Å². The first kappa shape index (κ1) is 16.9. The predicted octanol–water partition coefficient (Wildman–Crippen LogP) is 4.29. The van der Waals surface area contributed by atoms with Crippen LogP contribution in [0.1, 0.15) is 31.2 Å². The molecule has 24 heavy (non-hydrogen) atoms. The number of hydrogen-bond donors (Lipinski definition) is 1. The number of para-hydroxylation sites is 1. The highest BCUT2D eigenvalue weighted by atomic mass is 19.4. The van der Waals surface area contributed by atoms with E-state index >= 15 is 0 Å². The highest BCUT2D eigenvalue weighted by Crippen LogP contribution is 2.33. The number of aromatic amines is 1. The van der Waals surface area contributed by atoms with Gasteiger partial charge in [0, 0.05) is 36.6 Å². The second-order valence-electron chi connectivity index (χ2n) is 6.43. The van der Waals surface area contributed by atoms with Gasteiger partial charge in [-0.25, -0.2) is 0 Å². The van der Waals surface area contributed by atoms with Gasteiger partial charge in [0.2, 0.25) is 5.91 Å². The molecule has 1 aliphatic rings. The van der Waals surface area contributed by atoms with Crippen LogP contribution < -0.4 is 0 Å². The lowest BCUT2D eigenvalue weighted by Crippen LogP contribution is -2.44. The maximum atomic E-state index is 12.8. The molecule has 1 atom stereocenters. The van der Waals surface area contributed by atoms with Crippen molar-refractivity contribution in [2.75, 3.05) is 13.1 Å². The molecule has 6 heteroatoms. The first-order valence-electron chi connectivity index (χ1n) is 8.34. The monoisotopic (exact) mass is 338 g/mol. The summed E-state index contributed by atoms with van der Waals surface area (Å²) in [7, 11) is 0. The number of carbonyl (C=O) groups excluding carboxylic acids is 1. The van der Waals surface area contributed by atoms with Crippen molar-refractivity contribution in [3.63, 3.8) is 0 Å². The van der Waals surface area contributed by atoms with Crippen LogP contribution in [0.4, 0.5) is 13.2 Å². The number of nitrogens with one attached hydrogen (secondary N) is 1. The summed E-state index contributed by atoms with van der Waals surface area (Å²) in [5.74, 6) is -1.53. The summed E-state index contributed by atoms with van der Waals surface area (Å²) >= 11 is 0. The van der Waals surface area contributed by atoms with E-state index in [0.717, 1.165) is 22.9 Å². The minimum absolute atomic E-state index is 0.128. The second-order valence-corrected chi connectivity index (χ2v) is 6.43. The number of rotatable bonds is 4. The topological polar surface area (TPSA) is 36.1 Å². The Kier molecular flexibility index (Phi) is 4.83. The lowest BCUT2D eigenvalue weighted by molar-refractivity contribution is -0.188. The fourth-order valence-corrected chi connectivity index (χ4v) is 3.40. The SMILES string of the molecule is O=C(CCCc1c[nH]c2ccccc12)N1CCCC(C(F)(F)F)C1. The zero-order valence-electron chi connectivity index (χ0n) is 13.4. The molecule has 0 saturated carbocycles. The van der Waals surface area contributed by atoms with Crippen molar-refractivity contribution in [1.29, 1.82) is 0 Å². The quantitative estimate of drug-likeness (QED) is 0.887. The molecule has 0 bridgehead atoms. The molecule has 1 aromatic heterocycles. The van der Waals surface area contributed by atoms with Gasteiger partial charge in [0.1, 0.15) is 0 Å². The molecule has 2 aromatic rings. The van der Waals surface area contributed by atoms with Crippen LogP contribution >= 0.6 is 0 Å². The van der Waals surface area contributed by atoms with Gasteiger partial charge in [0.05, 0.1) is 5.92 Å². The smallest absolute Gasteiger partial charge is 0.361 e. The summed E-state index contributed by atoms with van der Waals surface area (Å²) in [6, 6.07) is 7.95. The van der Waals surface area contributed by atoms with Gasteiger partial charge in [-0.2, -0.15) is 13.2 Å². The van der Waals surface area contributed by atoms with Crippen LogP contribution in [0.2, 0.25) is 0 Å². The van der Waals surface area contributed by atoms with Gasteiger partial charge < -0.3 is 9.88 Å². The van der Waals surface area contributed by atoms with Crippen LogP contribution in [0.5, 0.6) is 0 Å². The van der Waals surface area contributed by atoms with Crippen molar-refractivity contribution in [2.24, 2.45) is 5.92 Å². The number of nitrogens with zero attached hydrogens (tertiary/aromatic N) is 1. The van der Waals surface area contributed by atoms with Crippen molar-refractivity contribution in [3.05, 3.63) is 36.0 Å². The fraction of sp³-hybridized carbons (Fsp3) is 0.500. The molecular formula is C18H21F3N2O. The van der Waals surface area contributed by atoms with Crippen molar-refractivity contribution >= 4 is 16.8 Å². The van der Waals surface area contributed by atoms with Crippen LogP contribution in [0.15, 0.2) is 30.5 Å². The first-order chi connectivity index (χ1) is 11.4. The van der Waals surface area contributed by atoms with E-state index in [1.165, 1.54) is 4.90 Å². The van der Waals surface area contributed by atoms with Gasteiger partial charge in [-0.15, -0.1) is 0 Å². The minimum Gasteiger partial charge on any atom is -0.361 e. The maximum Gasteiger partial charge on any atom is 0.393 e. The molecule has 3 nitrogen and oxygen atoms in total. The Balaban J connectivity index is 1.52. The zero-order valence-corrected chi connectivity index (χ0v) is 13.4. The number of benzene rings is 1. The largest absolute Gasteiger partial charge is 0.393 e. The van der Waals surface area contributed by atoms with E-state index in [-0.39, 0.29) is 18.9 Å². The third-order valence-electron chi connectivity index (χ3n) is 4.75. The molecule has 1 saturated heterocycles. The number of aromatic nitrogens is 1. The Morgan fingerprint density at radius 1 is 1.29 bits per heavy atom. The van der Waals surface area contributed by atoms with E-state index in [1.807, 2.05) is 30.5 Å². The summed E-state index contributed by atoms with van der Waals surface area (Å²) in [5.41, 5.74) is 2.20. The molecule has 1 fully saturated rings. The number of piperidine rings is 1. The third-order valence-corrected chi connectivity index (χ3v) is 4.75.